The van der Waals surface area contributed by atoms with Gasteiger partial charge in [-0.3, -0.25) is 19.2 Å². The molecule has 2 unspecified atom stereocenters. The van der Waals surface area contributed by atoms with E-state index in [9.17, 15) is 29.4 Å². The van der Waals surface area contributed by atoms with Gasteiger partial charge in [-0.1, -0.05) is 32.4 Å². The molecule has 2 rings (SSSR count). The lowest BCUT2D eigenvalue weighted by Gasteiger charge is -2.54. The van der Waals surface area contributed by atoms with Gasteiger partial charge in [-0.05, 0) is 44.6 Å². The van der Waals surface area contributed by atoms with E-state index in [1.54, 1.807) is 13.8 Å². The molecule has 12 heteroatoms. The summed E-state index contributed by atoms with van der Waals surface area (Å²) in [4.78, 5) is 50.4. The molecule has 0 aromatic heterocycles. The summed E-state index contributed by atoms with van der Waals surface area (Å²) in [7, 11) is 2.50. The molecule has 1 fully saturated rings. The van der Waals surface area contributed by atoms with Crippen LogP contribution in [0.2, 0.25) is 0 Å². The maximum Gasteiger partial charge on any atom is 0.323 e. The molecule has 0 bridgehead atoms. The van der Waals surface area contributed by atoms with E-state index in [0.29, 0.717) is 24.8 Å². The topological polar surface area (TPSA) is 172 Å². The fraction of sp³-hybridized carbons (Fsp3) is 0.742. The number of rotatable bonds is 10. The summed E-state index contributed by atoms with van der Waals surface area (Å²) in [6.07, 6.45) is 0.890. The number of esters is 4. The second-order valence-corrected chi connectivity index (χ2v) is 13.0. The summed E-state index contributed by atoms with van der Waals surface area (Å²) in [5.41, 5.74) is 6.07. The number of carbonyl (C=O) groups is 4. The zero-order valence-electron chi connectivity index (χ0n) is 26.6. The van der Waals surface area contributed by atoms with Crippen molar-refractivity contribution < 1.29 is 48.3 Å². The fourth-order valence-electron chi connectivity index (χ4n) is 6.37. The molecular weight excluding hydrogens is 578 g/mol. The lowest BCUT2D eigenvalue weighted by molar-refractivity contribution is -0.203. The van der Waals surface area contributed by atoms with Crippen LogP contribution >= 0.6 is 11.8 Å². The number of aliphatic hydroxyl groups is 2. The molecule has 1 saturated carbocycles. The van der Waals surface area contributed by atoms with Crippen LogP contribution in [0.25, 0.3) is 0 Å². The smallest absolute Gasteiger partial charge is 0.323 e. The van der Waals surface area contributed by atoms with Crippen LogP contribution in [0.5, 0.6) is 0 Å². The first-order valence-electron chi connectivity index (χ1n) is 14.8. The number of allylic oxidation sites excluding steroid dienone is 2. The molecule has 244 valence electrons. The fourth-order valence-corrected chi connectivity index (χ4v) is 7.76. The first-order chi connectivity index (χ1) is 20.1. The Morgan fingerprint density at radius 3 is 2.33 bits per heavy atom. The van der Waals surface area contributed by atoms with Crippen molar-refractivity contribution in [2.24, 2.45) is 28.9 Å². The Hall–Kier alpha value is -2.57. The van der Waals surface area contributed by atoms with Crippen molar-refractivity contribution in [2.75, 3.05) is 20.0 Å². The maximum atomic E-state index is 13.0. The van der Waals surface area contributed by atoms with E-state index in [2.05, 4.69) is 0 Å². The third-order valence-electron chi connectivity index (χ3n) is 8.80. The van der Waals surface area contributed by atoms with E-state index in [1.165, 1.54) is 32.9 Å². The van der Waals surface area contributed by atoms with E-state index in [-0.39, 0.29) is 24.4 Å². The number of ether oxygens (including phenoxy) is 4. The number of hydrogen-bond acceptors (Lipinski definition) is 12. The van der Waals surface area contributed by atoms with Crippen LogP contribution in [-0.2, 0) is 38.1 Å². The summed E-state index contributed by atoms with van der Waals surface area (Å²) in [5.74, 6) is -4.66. The molecule has 0 radical (unpaired) electrons. The zero-order valence-corrected chi connectivity index (χ0v) is 27.4. The van der Waals surface area contributed by atoms with Crippen LogP contribution in [0.3, 0.4) is 0 Å². The second-order valence-electron chi connectivity index (χ2n) is 11.9. The van der Waals surface area contributed by atoms with Crippen LogP contribution in [0.15, 0.2) is 23.0 Å². The van der Waals surface area contributed by atoms with Gasteiger partial charge in [-0.15, -0.1) is 11.8 Å². The predicted molar refractivity (Wildman–Crippen MR) is 162 cm³/mol. The maximum absolute atomic E-state index is 13.0. The number of hydrogen-bond donors (Lipinski definition) is 3. The highest BCUT2D eigenvalue weighted by Crippen LogP contribution is 2.54. The third-order valence-corrected chi connectivity index (χ3v) is 10.1. The van der Waals surface area contributed by atoms with Gasteiger partial charge in [0.1, 0.15) is 18.2 Å². The molecule has 0 aromatic carbocycles. The lowest BCUT2D eigenvalue weighted by atomic mass is 9.55. The average molecular weight is 628 g/mol. The van der Waals surface area contributed by atoms with Gasteiger partial charge >= 0.3 is 23.9 Å². The summed E-state index contributed by atoms with van der Waals surface area (Å²) < 4.78 is 21.8. The summed E-state index contributed by atoms with van der Waals surface area (Å²) >= 11 is 1.27. The Labute approximate surface area is 258 Å². The van der Waals surface area contributed by atoms with Crippen molar-refractivity contribution in [3.8, 4) is 0 Å². The Bertz CT molecular complexity index is 1090. The minimum Gasteiger partial charge on any atom is -0.512 e. The molecule has 0 aliphatic heterocycles. The van der Waals surface area contributed by atoms with Crippen molar-refractivity contribution in [3.05, 3.63) is 23.0 Å². The molecule has 2 aliphatic carbocycles. The molecule has 9 atom stereocenters. The Morgan fingerprint density at radius 2 is 1.77 bits per heavy atom. The summed E-state index contributed by atoms with van der Waals surface area (Å²) in [6.45, 7) is 10.2. The van der Waals surface area contributed by atoms with Crippen LogP contribution in [-0.4, -0.2) is 83.7 Å². The van der Waals surface area contributed by atoms with Crippen molar-refractivity contribution in [1.82, 2.24) is 0 Å². The molecule has 0 saturated heterocycles. The van der Waals surface area contributed by atoms with Gasteiger partial charge in [0, 0.05) is 36.7 Å². The monoisotopic (exact) mass is 627 g/mol. The van der Waals surface area contributed by atoms with Crippen LogP contribution < -0.4 is 5.73 Å². The number of thioether (sulfide) groups is 1. The molecule has 2 aliphatic rings. The molecular formula is C31H49NO10S. The Kier molecular flexibility index (Phi) is 13.6. The van der Waals surface area contributed by atoms with Gasteiger partial charge in [0.25, 0.3) is 0 Å². The van der Waals surface area contributed by atoms with E-state index in [4.69, 9.17) is 24.7 Å². The Morgan fingerprint density at radius 1 is 1.14 bits per heavy atom. The van der Waals surface area contributed by atoms with Gasteiger partial charge < -0.3 is 34.9 Å². The number of nitrogens with two attached hydrogens (primary N) is 1. The van der Waals surface area contributed by atoms with E-state index in [1.807, 2.05) is 26.8 Å². The minimum absolute atomic E-state index is 0.0751. The van der Waals surface area contributed by atoms with Gasteiger partial charge in [0.05, 0.1) is 37.4 Å². The molecule has 0 heterocycles. The van der Waals surface area contributed by atoms with Crippen LogP contribution in [0.4, 0.5) is 0 Å². The average Bonchev–Trinajstić information content (AvgIpc) is 2.94. The minimum atomic E-state index is -1.19. The molecule has 0 amide bonds. The normalized spacial score (nSPS) is 34.0. The zero-order chi connectivity index (χ0) is 32.6. The van der Waals surface area contributed by atoms with Crippen molar-refractivity contribution in [1.29, 1.82) is 0 Å². The largest absolute Gasteiger partial charge is 0.512 e. The highest BCUT2D eigenvalue weighted by atomic mass is 32.2. The first-order valence-corrected chi connectivity index (χ1v) is 15.9. The molecule has 4 N–H and O–H groups in total. The van der Waals surface area contributed by atoms with E-state index >= 15 is 0 Å². The second kappa shape index (κ2) is 15.9. The van der Waals surface area contributed by atoms with E-state index in [0.717, 1.165) is 5.57 Å². The highest BCUT2D eigenvalue weighted by molar-refractivity contribution is 8.00. The number of carbonyl (C=O) groups excluding carboxylic acids is 4. The van der Waals surface area contributed by atoms with Crippen molar-refractivity contribution in [2.45, 2.75) is 103 Å². The third kappa shape index (κ3) is 8.54. The van der Waals surface area contributed by atoms with Gasteiger partial charge in [-0.25, -0.2) is 0 Å². The molecule has 43 heavy (non-hydrogen) atoms. The van der Waals surface area contributed by atoms with Gasteiger partial charge in [-0.2, -0.15) is 0 Å². The Balaban J connectivity index is 2.91. The quantitative estimate of drug-likeness (QED) is 0.183. The highest BCUT2D eigenvalue weighted by Gasteiger charge is 2.59. The van der Waals surface area contributed by atoms with Crippen LogP contribution in [0, 0.1) is 23.2 Å². The summed E-state index contributed by atoms with van der Waals surface area (Å²) in [5, 5.41) is 22.9. The molecule has 11 nitrogen and oxygen atoms in total. The summed E-state index contributed by atoms with van der Waals surface area (Å²) in [6, 6.07) is -0.952. The number of methoxy groups -OCH3 is 2. The standard InChI is InChI=1S/C31H49NO10S/c1-9-10-25(35)42-23-12-11-16(2)13-22(43-15-20(32)30(38)40-8)26(18(4)29(37)39-7)28(36)27-17(3)21(34)14-24(31(23,27)6)41-19(5)33/h13,17-18,20-24,27,34,36H,9-12,14-15,32H2,1-8H3/b16-13-,28-26+/t17-,18-,20+,21-,22?,23?,24+,27-,31+/m1/s1. The molecule has 0 aromatic rings. The van der Waals surface area contributed by atoms with Crippen molar-refractivity contribution >= 4 is 35.6 Å². The SMILES string of the molecule is CCCC(=O)OC1CC/C(C)=C\C(SC[C@H](N)C(=O)OC)/C([C@@H](C)C(=O)OC)=C(/O)[C@H]2[C@H](C)[C@H](O)C[C@H](OC(C)=O)[C@]12C. The number of aliphatic hydroxyl groups excluding tert-OH is 2. The number of fused-ring (bicyclic) bond motifs is 1. The predicted octanol–water partition coefficient (Wildman–Crippen LogP) is 3.62. The van der Waals surface area contributed by atoms with Crippen molar-refractivity contribution in [3.63, 3.8) is 0 Å². The van der Waals surface area contributed by atoms with Gasteiger partial charge in [0.2, 0.25) is 0 Å². The van der Waals surface area contributed by atoms with Crippen LogP contribution in [0.1, 0.15) is 73.6 Å². The van der Waals surface area contributed by atoms with Gasteiger partial charge in [0.15, 0.2) is 0 Å². The van der Waals surface area contributed by atoms with E-state index < -0.39 is 76.6 Å². The lowest BCUT2D eigenvalue weighted by Crippen LogP contribution is -2.60. The molecule has 0 spiro atoms. The first kappa shape index (κ1) is 36.6.